The smallest absolute Gasteiger partial charge is 0.239 e. The van der Waals surface area contributed by atoms with Crippen molar-refractivity contribution in [2.75, 3.05) is 5.32 Å². The Morgan fingerprint density at radius 2 is 1.90 bits per heavy atom. The van der Waals surface area contributed by atoms with E-state index in [1.165, 1.54) is 5.56 Å². The molecule has 4 heteroatoms. The predicted octanol–water partition coefficient (Wildman–Crippen LogP) is 4.21. The molecule has 1 N–H and O–H groups in total. The number of nitrogens with zero attached hydrogens (tertiary/aromatic N) is 1. The highest BCUT2D eigenvalue weighted by atomic mass is 32.2. The van der Waals surface area contributed by atoms with Gasteiger partial charge < -0.3 is 5.32 Å². The molecule has 21 heavy (non-hydrogen) atoms. The molecule has 0 fully saturated rings. The second-order valence-electron chi connectivity index (χ2n) is 4.98. The number of carbonyl (C=O) groups excluding carboxylic acids is 1. The van der Waals surface area contributed by atoms with Crippen molar-refractivity contribution in [3.05, 3.63) is 53.7 Å². The first-order valence-corrected chi connectivity index (χ1v) is 7.94. The van der Waals surface area contributed by atoms with Gasteiger partial charge in [-0.25, -0.2) is 4.98 Å². The van der Waals surface area contributed by atoms with Gasteiger partial charge in [0.15, 0.2) is 0 Å². The number of thioether (sulfide) groups is 1. The summed E-state index contributed by atoms with van der Waals surface area (Å²) in [7, 11) is 0. The zero-order valence-corrected chi connectivity index (χ0v) is 13.4. The second kappa shape index (κ2) is 7.27. The van der Waals surface area contributed by atoms with Gasteiger partial charge in [0, 0.05) is 10.6 Å². The molecule has 0 spiro atoms. The van der Waals surface area contributed by atoms with E-state index < -0.39 is 0 Å². The van der Waals surface area contributed by atoms with Gasteiger partial charge >= 0.3 is 0 Å². The summed E-state index contributed by atoms with van der Waals surface area (Å²) in [5, 5.41) is 2.78. The molecule has 0 saturated heterocycles. The van der Waals surface area contributed by atoms with Crippen LogP contribution in [0.5, 0.6) is 0 Å². The average molecular weight is 300 g/mol. The number of benzene rings is 1. The summed E-state index contributed by atoms with van der Waals surface area (Å²) in [5.74, 6) is 0.615. The minimum absolute atomic E-state index is 0.00109. The number of amides is 1. The molecule has 0 radical (unpaired) electrons. The highest BCUT2D eigenvalue weighted by molar-refractivity contribution is 8.00. The lowest BCUT2D eigenvalue weighted by molar-refractivity contribution is -0.115. The zero-order valence-electron chi connectivity index (χ0n) is 12.6. The van der Waals surface area contributed by atoms with E-state index in [9.17, 15) is 4.79 Å². The molecule has 110 valence electrons. The molecule has 0 saturated carbocycles. The van der Waals surface area contributed by atoms with Crippen LogP contribution in [0.2, 0.25) is 0 Å². The summed E-state index contributed by atoms with van der Waals surface area (Å²) in [5.41, 5.74) is 2.12. The Kier molecular flexibility index (Phi) is 5.39. The molecule has 1 atom stereocenters. The molecule has 2 rings (SSSR count). The van der Waals surface area contributed by atoms with E-state index in [0.29, 0.717) is 5.82 Å². The van der Waals surface area contributed by atoms with Crippen molar-refractivity contribution < 1.29 is 4.79 Å². The number of nitrogens with one attached hydrogen (secondary N) is 1. The summed E-state index contributed by atoms with van der Waals surface area (Å²) >= 11 is 1.59. The number of hydrogen-bond acceptors (Lipinski definition) is 3. The third kappa shape index (κ3) is 4.60. The first-order valence-electron chi connectivity index (χ1n) is 7.06. The number of aromatic nitrogens is 1. The number of hydrogen-bond donors (Lipinski definition) is 1. The molecule has 2 aromatic rings. The first-order chi connectivity index (χ1) is 10.1. The monoisotopic (exact) mass is 300 g/mol. The van der Waals surface area contributed by atoms with Gasteiger partial charge in [-0.1, -0.05) is 30.7 Å². The van der Waals surface area contributed by atoms with Gasteiger partial charge in [-0.05, 0) is 44.5 Å². The number of rotatable bonds is 5. The molecule has 1 unspecified atom stereocenters. The number of anilines is 1. The van der Waals surface area contributed by atoms with Gasteiger partial charge in [-0.15, -0.1) is 11.8 Å². The summed E-state index contributed by atoms with van der Waals surface area (Å²) in [6, 6.07) is 13.9. The maximum Gasteiger partial charge on any atom is 0.239 e. The van der Waals surface area contributed by atoms with Crippen LogP contribution in [0.3, 0.4) is 0 Å². The molecule has 1 heterocycles. The summed E-state index contributed by atoms with van der Waals surface area (Å²) < 4.78 is 0. The lowest BCUT2D eigenvalue weighted by Gasteiger charge is -2.14. The van der Waals surface area contributed by atoms with Crippen molar-refractivity contribution in [1.29, 1.82) is 0 Å². The third-order valence-electron chi connectivity index (χ3n) is 3.10. The van der Waals surface area contributed by atoms with Gasteiger partial charge in [0.05, 0.1) is 5.25 Å². The lowest BCUT2D eigenvalue weighted by Crippen LogP contribution is -2.25. The van der Waals surface area contributed by atoms with Crippen LogP contribution < -0.4 is 5.32 Å². The number of carbonyl (C=O) groups is 1. The van der Waals surface area contributed by atoms with E-state index in [1.54, 1.807) is 11.8 Å². The highest BCUT2D eigenvalue weighted by Gasteiger charge is 2.18. The van der Waals surface area contributed by atoms with Crippen LogP contribution in [0.15, 0.2) is 47.4 Å². The fourth-order valence-corrected chi connectivity index (χ4v) is 2.88. The maximum absolute atomic E-state index is 12.4. The summed E-state index contributed by atoms with van der Waals surface area (Å²) in [6.07, 6.45) is 0.774. The molecule has 0 aliphatic rings. The van der Waals surface area contributed by atoms with Crippen molar-refractivity contribution >= 4 is 23.5 Å². The fraction of sp³-hybridized carbons (Fsp3) is 0.294. The number of pyridine rings is 1. The van der Waals surface area contributed by atoms with E-state index in [-0.39, 0.29) is 11.2 Å². The Labute approximate surface area is 130 Å². The number of aryl methyl sites for hydroxylation is 2. The van der Waals surface area contributed by atoms with E-state index in [1.807, 2.05) is 32.0 Å². The topological polar surface area (TPSA) is 42.0 Å². The molecule has 1 amide bonds. The summed E-state index contributed by atoms with van der Waals surface area (Å²) in [4.78, 5) is 17.8. The van der Waals surface area contributed by atoms with Crippen LogP contribution in [-0.2, 0) is 4.79 Å². The Bertz CT molecular complexity index is 610. The zero-order chi connectivity index (χ0) is 15.2. The van der Waals surface area contributed by atoms with Crippen molar-refractivity contribution in [3.63, 3.8) is 0 Å². The van der Waals surface area contributed by atoms with Crippen LogP contribution in [0.4, 0.5) is 5.82 Å². The molecule has 1 aromatic heterocycles. The molecular formula is C17H20N2OS. The van der Waals surface area contributed by atoms with Crippen molar-refractivity contribution in [3.8, 4) is 0 Å². The Morgan fingerprint density at radius 1 is 1.19 bits per heavy atom. The Morgan fingerprint density at radius 3 is 2.52 bits per heavy atom. The maximum atomic E-state index is 12.4. The van der Waals surface area contributed by atoms with Crippen molar-refractivity contribution in [1.82, 2.24) is 4.98 Å². The van der Waals surface area contributed by atoms with E-state index in [0.717, 1.165) is 17.0 Å². The van der Waals surface area contributed by atoms with Crippen LogP contribution >= 0.6 is 11.8 Å². The van der Waals surface area contributed by atoms with E-state index in [4.69, 9.17) is 0 Å². The SMILES string of the molecule is CCC(Sc1ccc(C)cc1)C(=O)Nc1cccc(C)n1. The quantitative estimate of drug-likeness (QED) is 0.841. The van der Waals surface area contributed by atoms with Gasteiger partial charge in [0.1, 0.15) is 5.82 Å². The standard InChI is InChI=1S/C17H20N2OS/c1-4-15(21-14-10-8-12(2)9-11-14)17(20)19-16-7-5-6-13(3)18-16/h5-11,15H,4H2,1-3H3,(H,18,19,20). The third-order valence-corrected chi connectivity index (χ3v) is 4.48. The molecular weight excluding hydrogens is 280 g/mol. The van der Waals surface area contributed by atoms with E-state index >= 15 is 0 Å². The Balaban J connectivity index is 2.03. The van der Waals surface area contributed by atoms with Gasteiger partial charge in [0.2, 0.25) is 5.91 Å². The van der Waals surface area contributed by atoms with Gasteiger partial charge in [-0.2, -0.15) is 0 Å². The van der Waals surface area contributed by atoms with Gasteiger partial charge in [-0.3, -0.25) is 4.79 Å². The molecule has 3 nitrogen and oxygen atoms in total. The van der Waals surface area contributed by atoms with Gasteiger partial charge in [0.25, 0.3) is 0 Å². The second-order valence-corrected chi connectivity index (χ2v) is 6.26. The molecule has 0 aliphatic heterocycles. The Hall–Kier alpha value is -1.81. The minimum atomic E-state index is -0.116. The normalized spacial score (nSPS) is 12.0. The molecule has 1 aromatic carbocycles. The predicted molar refractivity (Wildman–Crippen MR) is 88.7 cm³/mol. The minimum Gasteiger partial charge on any atom is -0.310 e. The fourth-order valence-electron chi connectivity index (χ4n) is 1.92. The highest BCUT2D eigenvalue weighted by Crippen LogP contribution is 2.26. The van der Waals surface area contributed by atoms with E-state index in [2.05, 4.69) is 41.5 Å². The summed E-state index contributed by atoms with van der Waals surface area (Å²) in [6.45, 7) is 5.99. The first kappa shape index (κ1) is 15.6. The average Bonchev–Trinajstić information content (AvgIpc) is 2.46. The molecule has 0 aliphatic carbocycles. The van der Waals surface area contributed by atoms with Crippen LogP contribution in [0, 0.1) is 13.8 Å². The van der Waals surface area contributed by atoms with Crippen molar-refractivity contribution in [2.45, 2.75) is 37.3 Å². The molecule has 0 bridgehead atoms. The largest absolute Gasteiger partial charge is 0.310 e. The van der Waals surface area contributed by atoms with Crippen LogP contribution in [0.1, 0.15) is 24.6 Å². The van der Waals surface area contributed by atoms with Crippen molar-refractivity contribution in [2.24, 2.45) is 0 Å². The van der Waals surface area contributed by atoms with Crippen LogP contribution in [0.25, 0.3) is 0 Å². The van der Waals surface area contributed by atoms with Crippen LogP contribution in [-0.4, -0.2) is 16.1 Å². The lowest BCUT2D eigenvalue weighted by atomic mass is 10.2.